The molecule has 0 fully saturated rings. The van der Waals surface area contributed by atoms with Crippen molar-refractivity contribution in [2.45, 2.75) is 27.2 Å². The van der Waals surface area contributed by atoms with Gasteiger partial charge in [-0.2, -0.15) is 0 Å². The third-order valence-corrected chi connectivity index (χ3v) is 3.03. The average Bonchev–Trinajstić information content (AvgIpc) is 2.61. The van der Waals surface area contributed by atoms with Gasteiger partial charge in [-0.15, -0.1) is 0 Å². The number of ether oxygens (including phenoxy) is 2. The van der Waals surface area contributed by atoms with E-state index in [2.05, 4.69) is 6.92 Å². The van der Waals surface area contributed by atoms with Gasteiger partial charge >= 0.3 is 0 Å². The number of ketones is 1. The Hall–Kier alpha value is -1.13. The van der Waals surface area contributed by atoms with E-state index in [0.717, 1.165) is 30.0 Å². The van der Waals surface area contributed by atoms with Crippen molar-refractivity contribution in [3.8, 4) is 0 Å². The molecule has 1 aromatic rings. The molecule has 0 atom stereocenters. The highest BCUT2D eigenvalue weighted by Gasteiger charge is 2.13. The first kappa shape index (κ1) is 14.9. The van der Waals surface area contributed by atoms with E-state index in [1.165, 1.54) is 0 Å². The fraction of sp³-hybridized carbons (Fsp3) is 0.643. The summed E-state index contributed by atoms with van der Waals surface area (Å²) in [6.45, 7) is 7.89. The quantitative estimate of drug-likeness (QED) is 0.527. The van der Waals surface area contributed by atoms with E-state index in [0.29, 0.717) is 13.2 Å². The monoisotopic (exact) mass is 253 g/mol. The second-order valence-electron chi connectivity index (χ2n) is 4.43. The van der Waals surface area contributed by atoms with E-state index in [1.807, 2.05) is 31.5 Å². The second kappa shape index (κ2) is 7.34. The van der Waals surface area contributed by atoms with Crippen molar-refractivity contribution in [2.75, 3.05) is 26.4 Å². The standard InChI is InChI=1S/C14H23NO3/c1-5-6-17-7-8-18-10-14(16)13-9-11(2)15(4)12(13)3/h9H,5-8,10H2,1-4H3. The van der Waals surface area contributed by atoms with Crippen LogP contribution in [0.25, 0.3) is 0 Å². The van der Waals surface area contributed by atoms with Crippen molar-refractivity contribution in [1.29, 1.82) is 0 Å². The molecule has 1 heterocycles. The first-order chi connectivity index (χ1) is 8.57. The maximum absolute atomic E-state index is 11.9. The summed E-state index contributed by atoms with van der Waals surface area (Å²) in [4.78, 5) is 11.9. The molecular formula is C14H23NO3. The van der Waals surface area contributed by atoms with Crippen LogP contribution >= 0.6 is 0 Å². The normalized spacial score (nSPS) is 10.9. The molecule has 1 rings (SSSR count). The maximum Gasteiger partial charge on any atom is 0.190 e. The number of rotatable bonds is 8. The van der Waals surface area contributed by atoms with Crippen molar-refractivity contribution in [3.63, 3.8) is 0 Å². The van der Waals surface area contributed by atoms with Crippen LogP contribution in [0.15, 0.2) is 6.07 Å². The van der Waals surface area contributed by atoms with E-state index < -0.39 is 0 Å². The van der Waals surface area contributed by atoms with Crippen LogP contribution in [0.3, 0.4) is 0 Å². The Morgan fingerprint density at radius 2 is 1.89 bits per heavy atom. The average molecular weight is 253 g/mol. The van der Waals surface area contributed by atoms with E-state index in [-0.39, 0.29) is 12.4 Å². The van der Waals surface area contributed by atoms with E-state index in [1.54, 1.807) is 0 Å². The largest absolute Gasteiger partial charge is 0.379 e. The van der Waals surface area contributed by atoms with Crippen LogP contribution in [-0.2, 0) is 16.5 Å². The zero-order valence-electron chi connectivity index (χ0n) is 11.8. The molecule has 18 heavy (non-hydrogen) atoms. The van der Waals surface area contributed by atoms with Gasteiger partial charge < -0.3 is 14.0 Å². The Labute approximate surface area is 109 Å². The molecule has 0 bridgehead atoms. The van der Waals surface area contributed by atoms with Crippen LogP contribution in [0, 0.1) is 13.8 Å². The zero-order valence-corrected chi connectivity index (χ0v) is 11.8. The van der Waals surface area contributed by atoms with Gasteiger partial charge in [0.1, 0.15) is 6.61 Å². The topological polar surface area (TPSA) is 40.5 Å². The second-order valence-corrected chi connectivity index (χ2v) is 4.43. The molecule has 0 amide bonds. The van der Waals surface area contributed by atoms with Crippen molar-refractivity contribution in [3.05, 3.63) is 23.0 Å². The number of nitrogens with zero attached hydrogens (tertiary/aromatic N) is 1. The third-order valence-electron chi connectivity index (χ3n) is 3.03. The molecule has 0 aliphatic rings. The summed E-state index contributed by atoms with van der Waals surface area (Å²) in [5.74, 6) is 0.0340. The summed E-state index contributed by atoms with van der Waals surface area (Å²) in [5, 5.41) is 0. The number of Topliss-reactive ketones (excluding diaryl/α,β-unsaturated/α-hetero) is 1. The maximum atomic E-state index is 11.9. The smallest absolute Gasteiger partial charge is 0.190 e. The molecule has 0 radical (unpaired) electrons. The van der Waals surface area contributed by atoms with Gasteiger partial charge in [0, 0.05) is 30.6 Å². The van der Waals surface area contributed by atoms with E-state index in [9.17, 15) is 4.79 Å². The molecule has 0 spiro atoms. The lowest BCUT2D eigenvalue weighted by Gasteiger charge is -2.05. The predicted octanol–water partition coefficient (Wildman–Crippen LogP) is 2.27. The number of hydrogen-bond acceptors (Lipinski definition) is 3. The van der Waals surface area contributed by atoms with Gasteiger partial charge in [-0.25, -0.2) is 0 Å². The zero-order chi connectivity index (χ0) is 13.5. The van der Waals surface area contributed by atoms with Gasteiger partial charge in [0.25, 0.3) is 0 Å². The Morgan fingerprint density at radius 1 is 1.22 bits per heavy atom. The lowest BCUT2D eigenvalue weighted by atomic mass is 10.1. The summed E-state index contributed by atoms with van der Waals surface area (Å²) in [6, 6.07) is 1.91. The van der Waals surface area contributed by atoms with Gasteiger partial charge in [-0.3, -0.25) is 4.79 Å². The number of carbonyl (C=O) groups excluding carboxylic acids is 1. The van der Waals surface area contributed by atoms with Crippen LogP contribution in [-0.4, -0.2) is 36.8 Å². The highest BCUT2D eigenvalue weighted by Crippen LogP contribution is 2.13. The molecule has 0 saturated heterocycles. The Kier molecular flexibility index (Phi) is 6.09. The number of carbonyl (C=O) groups is 1. The number of hydrogen-bond donors (Lipinski definition) is 0. The van der Waals surface area contributed by atoms with Gasteiger partial charge in [0.05, 0.1) is 13.2 Å². The predicted molar refractivity (Wildman–Crippen MR) is 71.1 cm³/mol. The molecule has 102 valence electrons. The van der Waals surface area contributed by atoms with Crippen LogP contribution in [0.4, 0.5) is 0 Å². The summed E-state index contributed by atoms with van der Waals surface area (Å²) in [6.07, 6.45) is 1.00. The summed E-state index contributed by atoms with van der Waals surface area (Å²) < 4.78 is 12.6. The third kappa shape index (κ3) is 3.96. The van der Waals surface area contributed by atoms with Crippen LogP contribution in [0.1, 0.15) is 35.1 Å². The van der Waals surface area contributed by atoms with Crippen LogP contribution in [0.2, 0.25) is 0 Å². The summed E-state index contributed by atoms with van der Waals surface area (Å²) >= 11 is 0. The van der Waals surface area contributed by atoms with Gasteiger partial charge in [-0.1, -0.05) is 6.92 Å². The lowest BCUT2D eigenvalue weighted by Crippen LogP contribution is -2.13. The minimum atomic E-state index is 0.0340. The first-order valence-electron chi connectivity index (χ1n) is 6.39. The molecule has 4 heteroatoms. The first-order valence-corrected chi connectivity index (χ1v) is 6.39. The van der Waals surface area contributed by atoms with Gasteiger partial charge in [0.15, 0.2) is 5.78 Å². The van der Waals surface area contributed by atoms with E-state index in [4.69, 9.17) is 9.47 Å². The SMILES string of the molecule is CCCOCCOCC(=O)c1cc(C)n(C)c1C. The Balaban J connectivity index is 2.34. The lowest BCUT2D eigenvalue weighted by molar-refractivity contribution is 0.0441. The molecular weight excluding hydrogens is 230 g/mol. The highest BCUT2D eigenvalue weighted by atomic mass is 16.5. The fourth-order valence-electron chi connectivity index (χ4n) is 1.74. The Bertz CT molecular complexity index is 396. The molecule has 0 unspecified atom stereocenters. The molecule has 0 aliphatic heterocycles. The van der Waals surface area contributed by atoms with E-state index >= 15 is 0 Å². The number of aromatic nitrogens is 1. The summed E-state index contributed by atoms with van der Waals surface area (Å²) in [5.41, 5.74) is 2.83. The van der Waals surface area contributed by atoms with Crippen LogP contribution < -0.4 is 0 Å². The Morgan fingerprint density at radius 3 is 2.44 bits per heavy atom. The molecule has 1 aromatic heterocycles. The van der Waals surface area contributed by atoms with Crippen molar-refractivity contribution in [1.82, 2.24) is 4.57 Å². The van der Waals surface area contributed by atoms with Crippen molar-refractivity contribution < 1.29 is 14.3 Å². The highest BCUT2D eigenvalue weighted by molar-refractivity contribution is 5.98. The van der Waals surface area contributed by atoms with Crippen molar-refractivity contribution in [2.24, 2.45) is 7.05 Å². The molecule has 0 N–H and O–H groups in total. The molecule has 0 aliphatic carbocycles. The summed E-state index contributed by atoms with van der Waals surface area (Å²) in [7, 11) is 1.96. The minimum absolute atomic E-state index is 0.0340. The minimum Gasteiger partial charge on any atom is -0.379 e. The van der Waals surface area contributed by atoms with Crippen LogP contribution in [0.5, 0.6) is 0 Å². The molecule has 0 aromatic carbocycles. The van der Waals surface area contributed by atoms with Crippen molar-refractivity contribution >= 4 is 5.78 Å². The number of aryl methyl sites for hydroxylation is 1. The van der Waals surface area contributed by atoms with Gasteiger partial charge in [-0.05, 0) is 26.3 Å². The van der Waals surface area contributed by atoms with Gasteiger partial charge in [0.2, 0.25) is 0 Å². The molecule has 0 saturated carbocycles. The fourth-order valence-corrected chi connectivity index (χ4v) is 1.74. The molecule has 4 nitrogen and oxygen atoms in total.